The van der Waals surface area contributed by atoms with Gasteiger partial charge in [0.15, 0.2) is 5.78 Å². The van der Waals surface area contributed by atoms with E-state index in [1.165, 1.54) is 62.8 Å². The number of hydrogen-bond acceptors (Lipinski definition) is 6. The van der Waals surface area contributed by atoms with Gasteiger partial charge in [-0.3, -0.25) is 9.59 Å². The molecule has 1 unspecified atom stereocenters. The number of carbonyl (C=O) groups excluding carboxylic acids is 2. The summed E-state index contributed by atoms with van der Waals surface area (Å²) < 4.78 is 24.6. The number of carbonyl (C=O) groups is 2. The SMILES string of the molecule is COC(=O)C(C)c1ccc(-c2ccc(O)c(C(=O)/C=C/c3cc(OC)ccc3O)c2)c(F)c1. The number of rotatable bonds is 7. The van der Waals surface area contributed by atoms with Crippen LogP contribution in [0.1, 0.15) is 34.3 Å². The Morgan fingerprint density at radius 3 is 2.36 bits per heavy atom. The number of halogens is 1. The predicted octanol–water partition coefficient (Wildman–Crippen LogP) is 5.09. The van der Waals surface area contributed by atoms with E-state index in [1.807, 2.05) is 0 Å². The Labute approximate surface area is 190 Å². The van der Waals surface area contributed by atoms with Crippen molar-refractivity contribution in [3.05, 3.63) is 83.2 Å². The van der Waals surface area contributed by atoms with Crippen molar-refractivity contribution >= 4 is 17.8 Å². The van der Waals surface area contributed by atoms with Crippen LogP contribution in [-0.4, -0.2) is 36.2 Å². The highest BCUT2D eigenvalue weighted by molar-refractivity contribution is 6.09. The Morgan fingerprint density at radius 2 is 1.70 bits per heavy atom. The molecule has 0 amide bonds. The molecule has 0 aliphatic heterocycles. The number of aromatic hydroxyl groups is 2. The Kier molecular flexibility index (Phi) is 7.13. The van der Waals surface area contributed by atoms with Crippen LogP contribution in [0.3, 0.4) is 0 Å². The topological polar surface area (TPSA) is 93.1 Å². The summed E-state index contributed by atoms with van der Waals surface area (Å²) in [7, 11) is 2.75. The molecular formula is C26H23FO6. The maximum Gasteiger partial charge on any atom is 0.312 e. The van der Waals surface area contributed by atoms with Crippen molar-refractivity contribution in [2.75, 3.05) is 14.2 Å². The van der Waals surface area contributed by atoms with Gasteiger partial charge >= 0.3 is 5.97 Å². The quantitative estimate of drug-likeness (QED) is 0.296. The van der Waals surface area contributed by atoms with Crippen LogP contribution in [0.4, 0.5) is 4.39 Å². The summed E-state index contributed by atoms with van der Waals surface area (Å²) >= 11 is 0. The van der Waals surface area contributed by atoms with Crippen molar-refractivity contribution in [1.29, 1.82) is 0 Å². The van der Waals surface area contributed by atoms with E-state index in [2.05, 4.69) is 0 Å². The second-order valence-corrected chi connectivity index (χ2v) is 7.34. The lowest BCUT2D eigenvalue weighted by Crippen LogP contribution is -2.11. The molecule has 0 radical (unpaired) electrons. The van der Waals surface area contributed by atoms with E-state index < -0.39 is 23.5 Å². The fourth-order valence-electron chi connectivity index (χ4n) is 3.30. The fourth-order valence-corrected chi connectivity index (χ4v) is 3.30. The number of esters is 1. The van der Waals surface area contributed by atoms with Gasteiger partial charge in [0.25, 0.3) is 0 Å². The third-order valence-corrected chi connectivity index (χ3v) is 5.27. The first-order valence-electron chi connectivity index (χ1n) is 10.0. The van der Waals surface area contributed by atoms with Crippen LogP contribution in [-0.2, 0) is 9.53 Å². The monoisotopic (exact) mass is 450 g/mol. The summed E-state index contributed by atoms with van der Waals surface area (Å²) in [6, 6.07) is 13.1. The molecule has 0 fully saturated rings. The number of phenols is 2. The van der Waals surface area contributed by atoms with Crippen molar-refractivity contribution in [3.63, 3.8) is 0 Å². The van der Waals surface area contributed by atoms with Gasteiger partial charge in [0.2, 0.25) is 0 Å². The van der Waals surface area contributed by atoms with E-state index in [1.54, 1.807) is 25.1 Å². The van der Waals surface area contributed by atoms with E-state index >= 15 is 0 Å². The molecule has 0 heterocycles. The number of benzene rings is 3. The Bertz CT molecular complexity index is 1230. The summed E-state index contributed by atoms with van der Waals surface area (Å²) in [6.07, 6.45) is 2.60. The van der Waals surface area contributed by atoms with Crippen LogP contribution in [0.15, 0.2) is 60.7 Å². The lowest BCUT2D eigenvalue weighted by Gasteiger charge is -2.12. The fraction of sp³-hybridized carbons (Fsp3) is 0.154. The minimum absolute atomic E-state index is 0.0301. The maximum atomic E-state index is 14.8. The van der Waals surface area contributed by atoms with Gasteiger partial charge in [-0.25, -0.2) is 4.39 Å². The number of allylic oxidation sites excluding steroid dienone is 1. The highest BCUT2D eigenvalue weighted by Crippen LogP contribution is 2.31. The van der Waals surface area contributed by atoms with Crippen LogP contribution in [0.2, 0.25) is 0 Å². The van der Waals surface area contributed by atoms with Crippen LogP contribution in [0, 0.1) is 5.82 Å². The number of ether oxygens (including phenoxy) is 2. The highest BCUT2D eigenvalue weighted by atomic mass is 19.1. The summed E-state index contributed by atoms with van der Waals surface area (Å²) in [6.45, 7) is 1.62. The maximum absolute atomic E-state index is 14.8. The van der Waals surface area contributed by atoms with Crippen LogP contribution in [0.25, 0.3) is 17.2 Å². The van der Waals surface area contributed by atoms with Gasteiger partial charge in [0, 0.05) is 11.1 Å². The largest absolute Gasteiger partial charge is 0.507 e. The molecule has 0 saturated carbocycles. The smallest absolute Gasteiger partial charge is 0.312 e. The van der Waals surface area contributed by atoms with Crippen LogP contribution >= 0.6 is 0 Å². The van der Waals surface area contributed by atoms with Crippen molar-refractivity contribution in [1.82, 2.24) is 0 Å². The van der Waals surface area contributed by atoms with Crippen LogP contribution < -0.4 is 4.74 Å². The van der Waals surface area contributed by atoms with Gasteiger partial charge in [-0.2, -0.15) is 0 Å². The van der Waals surface area contributed by atoms with Crippen molar-refractivity contribution in [2.24, 2.45) is 0 Å². The zero-order valence-corrected chi connectivity index (χ0v) is 18.3. The Balaban J connectivity index is 1.91. The first-order chi connectivity index (χ1) is 15.7. The minimum Gasteiger partial charge on any atom is -0.507 e. The predicted molar refractivity (Wildman–Crippen MR) is 122 cm³/mol. The summed E-state index contributed by atoms with van der Waals surface area (Å²) in [4.78, 5) is 24.4. The molecule has 0 aromatic heterocycles. The third-order valence-electron chi connectivity index (χ3n) is 5.27. The minimum atomic E-state index is -0.631. The molecule has 3 aromatic rings. The number of ketones is 1. The van der Waals surface area contributed by atoms with E-state index in [4.69, 9.17) is 9.47 Å². The molecule has 0 bridgehead atoms. The van der Waals surface area contributed by atoms with Gasteiger partial charge in [0.05, 0.1) is 25.7 Å². The van der Waals surface area contributed by atoms with Gasteiger partial charge in [-0.15, -0.1) is 0 Å². The molecule has 0 spiro atoms. The zero-order valence-electron chi connectivity index (χ0n) is 18.3. The normalized spacial score (nSPS) is 11.9. The Morgan fingerprint density at radius 1 is 0.970 bits per heavy atom. The molecule has 3 aromatic carbocycles. The average molecular weight is 450 g/mol. The second-order valence-electron chi connectivity index (χ2n) is 7.34. The van der Waals surface area contributed by atoms with Gasteiger partial charge < -0.3 is 19.7 Å². The summed E-state index contributed by atoms with van der Waals surface area (Å²) in [5.74, 6) is -2.02. The number of phenolic OH excluding ortho intramolecular Hbond substituents is 2. The van der Waals surface area contributed by atoms with Gasteiger partial charge in [-0.05, 0) is 66.6 Å². The molecule has 2 N–H and O–H groups in total. The number of methoxy groups -OCH3 is 2. The van der Waals surface area contributed by atoms with Gasteiger partial charge in [0.1, 0.15) is 23.1 Å². The molecule has 0 aliphatic carbocycles. The average Bonchev–Trinajstić information content (AvgIpc) is 2.82. The number of hydrogen-bond donors (Lipinski definition) is 2. The van der Waals surface area contributed by atoms with E-state index in [0.29, 0.717) is 22.4 Å². The standard InChI is InChI=1S/C26H23FO6/c1-15(26(31)33-3)16-4-8-20(22(27)14-16)17-5-9-24(29)21(13-17)25(30)10-6-18-12-19(32-2)7-11-23(18)28/h4-15,28-29H,1-3H3/b10-6+. The third kappa shape index (κ3) is 5.20. The first kappa shape index (κ1) is 23.5. The Hall–Kier alpha value is -4.13. The van der Waals surface area contributed by atoms with E-state index in [-0.39, 0.29) is 22.6 Å². The van der Waals surface area contributed by atoms with Crippen molar-refractivity contribution < 1.29 is 33.7 Å². The first-order valence-corrected chi connectivity index (χ1v) is 10.0. The van der Waals surface area contributed by atoms with E-state index in [9.17, 15) is 24.2 Å². The summed E-state index contributed by atoms with van der Waals surface area (Å²) in [5.41, 5.74) is 1.37. The van der Waals surface area contributed by atoms with Crippen molar-refractivity contribution in [3.8, 4) is 28.4 Å². The molecule has 7 heteroatoms. The highest BCUT2D eigenvalue weighted by Gasteiger charge is 2.18. The summed E-state index contributed by atoms with van der Waals surface area (Å²) in [5, 5.41) is 20.2. The molecule has 33 heavy (non-hydrogen) atoms. The zero-order chi connectivity index (χ0) is 24.1. The molecule has 3 rings (SSSR count). The molecule has 0 saturated heterocycles. The molecular weight excluding hydrogens is 427 g/mol. The van der Waals surface area contributed by atoms with Crippen molar-refractivity contribution in [2.45, 2.75) is 12.8 Å². The van der Waals surface area contributed by atoms with E-state index in [0.717, 1.165) is 0 Å². The molecule has 6 nitrogen and oxygen atoms in total. The lowest BCUT2D eigenvalue weighted by atomic mass is 9.95. The van der Waals surface area contributed by atoms with Crippen LogP contribution in [0.5, 0.6) is 17.2 Å². The molecule has 170 valence electrons. The lowest BCUT2D eigenvalue weighted by molar-refractivity contribution is -0.142. The molecule has 0 aliphatic rings. The molecule has 1 atom stereocenters. The second kappa shape index (κ2) is 9.99. The van der Waals surface area contributed by atoms with Gasteiger partial charge in [-0.1, -0.05) is 18.2 Å².